The molecule has 11 heteroatoms. The Bertz CT molecular complexity index is 1260. The number of nitrogens with zero attached hydrogens (tertiary/aromatic N) is 3. The third-order valence-electron chi connectivity index (χ3n) is 5.45. The van der Waals surface area contributed by atoms with E-state index >= 15 is 0 Å². The molecule has 0 radical (unpaired) electrons. The molecule has 0 saturated heterocycles. The number of amides is 2. The van der Waals surface area contributed by atoms with Gasteiger partial charge in [0.1, 0.15) is 11.7 Å². The summed E-state index contributed by atoms with van der Waals surface area (Å²) in [5.41, 5.74) is 2.09. The van der Waals surface area contributed by atoms with Gasteiger partial charge in [0, 0.05) is 36.8 Å². The zero-order chi connectivity index (χ0) is 25.6. The normalized spacial score (nSPS) is 13.8. The fourth-order valence-corrected chi connectivity index (χ4v) is 5.19. The molecule has 1 aliphatic rings. The van der Waals surface area contributed by atoms with Crippen LogP contribution in [0.3, 0.4) is 0 Å². The van der Waals surface area contributed by atoms with Crippen LogP contribution in [0, 0.1) is 6.92 Å². The SMILES string of the molecule is Cc1c(Cl)cccc1S(=O)(=O)CNC/C=C/C(=O)N(C)Cc1ccc(C2=NCCN2C(=O)O)cc1. The van der Waals surface area contributed by atoms with Gasteiger partial charge in [0.15, 0.2) is 9.84 Å². The fraction of sp³-hybridized carbons (Fsp3) is 0.292. The van der Waals surface area contributed by atoms with E-state index in [1.807, 2.05) is 12.1 Å². The van der Waals surface area contributed by atoms with Crippen molar-refractivity contribution in [2.45, 2.75) is 18.4 Å². The second-order valence-corrected chi connectivity index (χ2v) is 10.4. The molecule has 35 heavy (non-hydrogen) atoms. The molecule has 2 aromatic carbocycles. The van der Waals surface area contributed by atoms with Crippen molar-refractivity contribution in [2.75, 3.05) is 32.6 Å². The second kappa shape index (κ2) is 11.5. The molecule has 2 aromatic rings. The molecule has 0 aromatic heterocycles. The van der Waals surface area contributed by atoms with Gasteiger partial charge in [0.25, 0.3) is 0 Å². The Morgan fingerprint density at radius 3 is 2.63 bits per heavy atom. The highest BCUT2D eigenvalue weighted by Gasteiger charge is 2.24. The lowest BCUT2D eigenvalue weighted by molar-refractivity contribution is -0.125. The first-order valence-electron chi connectivity index (χ1n) is 10.8. The van der Waals surface area contributed by atoms with Crippen LogP contribution >= 0.6 is 11.6 Å². The number of hydrogen-bond acceptors (Lipinski definition) is 6. The van der Waals surface area contributed by atoms with Gasteiger partial charge in [-0.15, -0.1) is 0 Å². The lowest BCUT2D eigenvalue weighted by Crippen LogP contribution is -2.33. The van der Waals surface area contributed by atoms with Crippen molar-refractivity contribution in [2.24, 2.45) is 4.99 Å². The molecule has 0 atom stereocenters. The minimum Gasteiger partial charge on any atom is -0.465 e. The van der Waals surface area contributed by atoms with Gasteiger partial charge in [-0.25, -0.2) is 13.2 Å². The fourth-order valence-electron chi connectivity index (χ4n) is 3.56. The standard InChI is InChI=1S/C24H27ClN4O5S/c1-17-20(25)5-3-6-21(17)35(33,34)16-26-12-4-7-22(30)28(2)15-18-8-10-19(11-9-18)23-27-13-14-29(23)24(31)32/h3-11,26H,12-16H2,1-2H3,(H,31,32)/b7-4+. The number of halogens is 1. The van der Waals surface area contributed by atoms with E-state index in [1.54, 1.807) is 44.3 Å². The number of amidine groups is 1. The summed E-state index contributed by atoms with van der Waals surface area (Å²) in [4.78, 5) is 30.9. The molecular formula is C24H27ClN4O5S. The smallest absolute Gasteiger partial charge is 0.413 e. The summed E-state index contributed by atoms with van der Waals surface area (Å²) in [6, 6.07) is 12.0. The van der Waals surface area contributed by atoms with Crippen molar-refractivity contribution in [1.82, 2.24) is 15.1 Å². The highest BCUT2D eigenvalue weighted by atomic mass is 35.5. The van der Waals surface area contributed by atoms with Crippen molar-refractivity contribution in [3.05, 3.63) is 76.3 Å². The number of aliphatic imine (C=N–C) groups is 1. The molecule has 186 valence electrons. The van der Waals surface area contributed by atoms with E-state index in [0.717, 1.165) is 5.56 Å². The molecule has 2 amide bonds. The van der Waals surface area contributed by atoms with Crippen LogP contribution in [0.1, 0.15) is 16.7 Å². The maximum Gasteiger partial charge on any atom is 0.413 e. The van der Waals surface area contributed by atoms with Crippen LogP contribution in [0.4, 0.5) is 4.79 Å². The molecule has 3 rings (SSSR count). The minimum absolute atomic E-state index is 0.180. The van der Waals surface area contributed by atoms with Gasteiger partial charge in [0.05, 0.1) is 18.0 Å². The van der Waals surface area contributed by atoms with Gasteiger partial charge in [-0.2, -0.15) is 0 Å². The predicted molar refractivity (Wildman–Crippen MR) is 134 cm³/mol. The van der Waals surface area contributed by atoms with E-state index in [2.05, 4.69) is 10.3 Å². The average Bonchev–Trinajstić information content (AvgIpc) is 3.31. The number of benzene rings is 2. The quantitative estimate of drug-likeness (QED) is 0.389. The van der Waals surface area contributed by atoms with Gasteiger partial charge in [-0.1, -0.05) is 48.0 Å². The number of nitrogens with one attached hydrogen (secondary N) is 1. The summed E-state index contributed by atoms with van der Waals surface area (Å²) in [5.74, 6) is -0.0856. The van der Waals surface area contributed by atoms with Crippen LogP contribution in [0.5, 0.6) is 0 Å². The van der Waals surface area contributed by atoms with Crippen LogP contribution in [0.25, 0.3) is 0 Å². The Hall–Kier alpha value is -3.21. The Labute approximate surface area is 209 Å². The third-order valence-corrected chi connectivity index (χ3v) is 7.55. The second-order valence-electron chi connectivity index (χ2n) is 8.01. The Balaban J connectivity index is 1.48. The van der Waals surface area contributed by atoms with Gasteiger partial charge >= 0.3 is 6.09 Å². The number of hydrogen-bond donors (Lipinski definition) is 2. The summed E-state index contributed by atoms with van der Waals surface area (Å²) in [6.45, 7) is 3.00. The summed E-state index contributed by atoms with van der Waals surface area (Å²) in [6.07, 6.45) is 1.92. The van der Waals surface area contributed by atoms with Gasteiger partial charge < -0.3 is 10.0 Å². The van der Waals surface area contributed by atoms with Gasteiger partial charge in [0.2, 0.25) is 5.91 Å². The molecule has 0 aliphatic carbocycles. The zero-order valence-corrected chi connectivity index (χ0v) is 21.0. The predicted octanol–water partition coefficient (Wildman–Crippen LogP) is 2.92. The average molecular weight is 519 g/mol. The van der Waals surface area contributed by atoms with E-state index in [0.29, 0.717) is 41.6 Å². The molecule has 0 fully saturated rings. The molecule has 0 saturated carbocycles. The largest absolute Gasteiger partial charge is 0.465 e. The molecular weight excluding hydrogens is 492 g/mol. The zero-order valence-electron chi connectivity index (χ0n) is 19.4. The molecule has 0 spiro atoms. The van der Waals surface area contributed by atoms with Crippen LogP contribution in [-0.2, 0) is 21.2 Å². The highest BCUT2D eigenvalue weighted by Crippen LogP contribution is 2.23. The Morgan fingerprint density at radius 2 is 1.94 bits per heavy atom. The van der Waals surface area contributed by atoms with Crippen molar-refractivity contribution < 1.29 is 23.1 Å². The van der Waals surface area contributed by atoms with Crippen molar-refractivity contribution in [3.63, 3.8) is 0 Å². The number of carboxylic acid groups (broad SMARTS) is 1. The van der Waals surface area contributed by atoms with E-state index in [4.69, 9.17) is 11.6 Å². The first kappa shape index (κ1) is 26.4. The minimum atomic E-state index is -3.56. The number of carbonyl (C=O) groups is 2. The third kappa shape index (κ3) is 6.68. The lowest BCUT2D eigenvalue weighted by Gasteiger charge is -2.17. The molecule has 0 bridgehead atoms. The molecule has 1 aliphatic heterocycles. The van der Waals surface area contributed by atoms with E-state index in [-0.39, 0.29) is 23.2 Å². The van der Waals surface area contributed by atoms with Crippen LogP contribution < -0.4 is 5.32 Å². The molecule has 9 nitrogen and oxygen atoms in total. The Morgan fingerprint density at radius 1 is 1.23 bits per heavy atom. The van der Waals surface area contributed by atoms with Crippen molar-refractivity contribution >= 4 is 39.3 Å². The topological polar surface area (TPSA) is 119 Å². The van der Waals surface area contributed by atoms with Crippen LogP contribution in [0.15, 0.2) is 64.5 Å². The van der Waals surface area contributed by atoms with Crippen molar-refractivity contribution in [3.8, 4) is 0 Å². The summed E-state index contributed by atoms with van der Waals surface area (Å²) in [5, 5.41) is 12.5. The first-order chi connectivity index (χ1) is 16.6. The van der Waals surface area contributed by atoms with E-state index in [9.17, 15) is 23.1 Å². The van der Waals surface area contributed by atoms with E-state index < -0.39 is 15.9 Å². The summed E-state index contributed by atoms with van der Waals surface area (Å²) < 4.78 is 25.0. The van der Waals surface area contributed by atoms with Crippen molar-refractivity contribution in [1.29, 1.82) is 0 Å². The maximum atomic E-state index is 12.5. The van der Waals surface area contributed by atoms with E-state index in [1.165, 1.54) is 21.9 Å². The summed E-state index contributed by atoms with van der Waals surface area (Å²) in [7, 11) is -1.90. The van der Waals surface area contributed by atoms with Gasteiger partial charge in [-0.3, -0.25) is 20.0 Å². The summed E-state index contributed by atoms with van der Waals surface area (Å²) >= 11 is 6.01. The number of likely N-dealkylation sites (N-methyl/N-ethyl adjacent to an activating group) is 1. The Kier molecular flexibility index (Phi) is 8.66. The van der Waals surface area contributed by atoms with Gasteiger partial charge in [-0.05, 0) is 30.2 Å². The molecule has 0 unspecified atom stereocenters. The lowest BCUT2D eigenvalue weighted by atomic mass is 10.1. The number of carbonyl (C=O) groups excluding carboxylic acids is 1. The molecule has 2 N–H and O–H groups in total. The highest BCUT2D eigenvalue weighted by molar-refractivity contribution is 7.91. The molecule has 1 heterocycles. The van der Waals surface area contributed by atoms with Crippen LogP contribution in [-0.4, -0.2) is 73.7 Å². The monoisotopic (exact) mass is 518 g/mol. The number of rotatable bonds is 9. The van der Waals surface area contributed by atoms with Crippen LogP contribution in [0.2, 0.25) is 5.02 Å². The maximum absolute atomic E-state index is 12.5. The number of sulfone groups is 1. The first-order valence-corrected chi connectivity index (χ1v) is 12.9.